The van der Waals surface area contributed by atoms with Gasteiger partial charge in [-0.1, -0.05) is 6.07 Å². The van der Waals surface area contributed by atoms with Crippen LogP contribution in [0.5, 0.6) is 11.5 Å². The number of benzene rings is 1. The van der Waals surface area contributed by atoms with Crippen LogP contribution in [0.15, 0.2) is 24.3 Å². The summed E-state index contributed by atoms with van der Waals surface area (Å²) >= 11 is 0. The van der Waals surface area contributed by atoms with Crippen molar-refractivity contribution in [2.45, 2.75) is 24.4 Å². The van der Waals surface area contributed by atoms with Crippen LogP contribution in [0.25, 0.3) is 6.08 Å². The summed E-state index contributed by atoms with van der Waals surface area (Å²) < 4.78 is 4.45. The molecular weight excluding hydrogens is 356 g/mol. The first-order valence-corrected chi connectivity index (χ1v) is 6.95. The molecule has 11 nitrogen and oxygen atoms in total. The minimum absolute atomic E-state index is 0.242. The standard InChI is InChI=1S/C15H16O11/c16-7-3-1-6(5-8(7)17)2-4-9(18)26-13(15(24)25)11(20)10(19)12(21)14(22)23/h1-5,10-13,16-17,19-21H,(H,22,23)(H,24,25)/b4-2+/t10-,11+,12+,13-/m0/s1. The predicted molar refractivity (Wildman–Crippen MR) is 82.0 cm³/mol. The fourth-order valence-electron chi connectivity index (χ4n) is 1.75. The second-order valence-electron chi connectivity index (χ2n) is 5.04. The van der Waals surface area contributed by atoms with Gasteiger partial charge < -0.3 is 40.5 Å². The van der Waals surface area contributed by atoms with Gasteiger partial charge in [-0.3, -0.25) is 0 Å². The Kier molecular flexibility index (Phi) is 7.07. The monoisotopic (exact) mass is 372 g/mol. The van der Waals surface area contributed by atoms with Crippen molar-refractivity contribution in [3.8, 4) is 11.5 Å². The van der Waals surface area contributed by atoms with Crippen LogP contribution in [0, 0.1) is 0 Å². The van der Waals surface area contributed by atoms with Crippen molar-refractivity contribution in [2.75, 3.05) is 0 Å². The third-order valence-electron chi connectivity index (χ3n) is 3.13. The van der Waals surface area contributed by atoms with E-state index in [9.17, 15) is 29.7 Å². The Hall–Kier alpha value is -3.15. The molecule has 1 aromatic carbocycles. The van der Waals surface area contributed by atoms with Gasteiger partial charge in [0.2, 0.25) is 6.10 Å². The molecule has 0 unspecified atom stereocenters. The fourth-order valence-corrected chi connectivity index (χ4v) is 1.75. The molecule has 1 rings (SSSR count). The Morgan fingerprint density at radius 2 is 1.54 bits per heavy atom. The lowest BCUT2D eigenvalue weighted by molar-refractivity contribution is -0.182. The molecule has 0 fully saturated rings. The molecule has 0 heterocycles. The molecule has 142 valence electrons. The Morgan fingerprint density at radius 1 is 0.923 bits per heavy atom. The van der Waals surface area contributed by atoms with Crippen molar-refractivity contribution in [2.24, 2.45) is 0 Å². The fraction of sp³-hybridized carbons (Fsp3) is 0.267. The highest BCUT2D eigenvalue weighted by Crippen LogP contribution is 2.25. The van der Waals surface area contributed by atoms with Gasteiger partial charge in [0.1, 0.15) is 12.2 Å². The van der Waals surface area contributed by atoms with Gasteiger partial charge in [0.05, 0.1) is 0 Å². The number of aliphatic carboxylic acids is 2. The van der Waals surface area contributed by atoms with E-state index in [1.165, 1.54) is 6.07 Å². The van der Waals surface area contributed by atoms with Gasteiger partial charge in [-0.05, 0) is 23.8 Å². The third kappa shape index (κ3) is 5.44. The van der Waals surface area contributed by atoms with E-state index in [0.717, 1.165) is 24.3 Å². The first-order valence-electron chi connectivity index (χ1n) is 6.95. The van der Waals surface area contributed by atoms with Crippen molar-refractivity contribution in [3.05, 3.63) is 29.8 Å². The molecule has 26 heavy (non-hydrogen) atoms. The molecule has 4 atom stereocenters. The molecule has 0 aliphatic carbocycles. The molecule has 0 saturated carbocycles. The van der Waals surface area contributed by atoms with Crippen molar-refractivity contribution in [1.29, 1.82) is 0 Å². The van der Waals surface area contributed by atoms with Gasteiger partial charge in [0.25, 0.3) is 0 Å². The number of esters is 1. The number of carbonyl (C=O) groups is 3. The van der Waals surface area contributed by atoms with Gasteiger partial charge in [-0.25, -0.2) is 14.4 Å². The van der Waals surface area contributed by atoms with Crippen LogP contribution in [0.3, 0.4) is 0 Å². The van der Waals surface area contributed by atoms with Crippen molar-refractivity contribution < 1.29 is 54.9 Å². The zero-order valence-electron chi connectivity index (χ0n) is 13.0. The van der Waals surface area contributed by atoms with E-state index in [-0.39, 0.29) is 5.56 Å². The van der Waals surface area contributed by atoms with Gasteiger partial charge in [-0.2, -0.15) is 0 Å². The number of ether oxygens (including phenoxy) is 1. The second-order valence-corrected chi connectivity index (χ2v) is 5.04. The molecule has 0 saturated heterocycles. The quantitative estimate of drug-likeness (QED) is 0.155. The Balaban J connectivity index is 2.84. The maximum atomic E-state index is 11.7. The number of aliphatic hydroxyl groups is 3. The van der Waals surface area contributed by atoms with Crippen LogP contribution < -0.4 is 0 Å². The van der Waals surface area contributed by atoms with Crippen LogP contribution in [0.2, 0.25) is 0 Å². The lowest BCUT2D eigenvalue weighted by Crippen LogP contribution is -2.51. The van der Waals surface area contributed by atoms with E-state index in [2.05, 4.69) is 4.74 Å². The first-order chi connectivity index (χ1) is 12.0. The van der Waals surface area contributed by atoms with E-state index in [1.54, 1.807) is 0 Å². The molecule has 0 radical (unpaired) electrons. The SMILES string of the molecule is O=C(/C=C/c1ccc(O)c(O)c1)O[C@H](C(=O)O)[C@H](O)[C@H](O)[C@@H](O)C(=O)O. The Bertz CT molecular complexity index is 712. The third-order valence-corrected chi connectivity index (χ3v) is 3.13. The van der Waals surface area contributed by atoms with Gasteiger partial charge in [0.15, 0.2) is 17.6 Å². The van der Waals surface area contributed by atoms with Gasteiger partial charge >= 0.3 is 17.9 Å². The summed E-state index contributed by atoms with van der Waals surface area (Å²) in [5.74, 6) is -5.95. The van der Waals surface area contributed by atoms with Crippen molar-refractivity contribution in [1.82, 2.24) is 0 Å². The molecule has 7 N–H and O–H groups in total. The highest BCUT2D eigenvalue weighted by molar-refractivity contribution is 5.89. The normalized spacial score (nSPS) is 15.8. The molecule has 0 spiro atoms. The van der Waals surface area contributed by atoms with Gasteiger partial charge in [0, 0.05) is 6.08 Å². The molecule has 0 aliphatic heterocycles. The minimum Gasteiger partial charge on any atom is -0.504 e. The molecule has 11 heteroatoms. The summed E-state index contributed by atoms with van der Waals surface area (Å²) in [6, 6.07) is 3.54. The minimum atomic E-state index is -2.50. The number of phenolic OH excluding ortho intramolecular Hbond substituents is 2. The van der Waals surface area contributed by atoms with Crippen LogP contribution in [0.4, 0.5) is 0 Å². The number of hydrogen-bond acceptors (Lipinski definition) is 9. The molecule has 0 aromatic heterocycles. The zero-order chi connectivity index (χ0) is 20.0. The maximum absolute atomic E-state index is 11.7. The highest BCUT2D eigenvalue weighted by atomic mass is 16.6. The van der Waals surface area contributed by atoms with Crippen LogP contribution in [-0.2, 0) is 19.1 Å². The smallest absolute Gasteiger partial charge is 0.347 e. The number of hydrogen-bond donors (Lipinski definition) is 7. The molecule has 1 aromatic rings. The van der Waals surface area contributed by atoms with E-state index in [4.69, 9.17) is 20.4 Å². The Morgan fingerprint density at radius 3 is 2.04 bits per heavy atom. The largest absolute Gasteiger partial charge is 0.504 e. The second kappa shape index (κ2) is 8.80. The van der Waals surface area contributed by atoms with E-state index < -0.39 is 53.8 Å². The van der Waals surface area contributed by atoms with Crippen LogP contribution in [-0.4, -0.2) is 78.1 Å². The first kappa shape index (κ1) is 20.9. The van der Waals surface area contributed by atoms with Crippen molar-refractivity contribution >= 4 is 24.0 Å². The van der Waals surface area contributed by atoms with E-state index in [1.807, 2.05) is 0 Å². The summed E-state index contributed by atoms with van der Waals surface area (Å²) in [5, 5.41) is 64.2. The summed E-state index contributed by atoms with van der Waals surface area (Å²) in [6.45, 7) is 0. The number of carbonyl (C=O) groups excluding carboxylic acids is 1. The molecule has 0 bridgehead atoms. The average Bonchev–Trinajstić information content (AvgIpc) is 2.58. The molecule has 0 aliphatic rings. The number of phenols is 2. The highest BCUT2D eigenvalue weighted by Gasteiger charge is 2.40. The van der Waals surface area contributed by atoms with Crippen LogP contribution >= 0.6 is 0 Å². The van der Waals surface area contributed by atoms with Gasteiger partial charge in [-0.15, -0.1) is 0 Å². The number of aromatic hydroxyl groups is 2. The zero-order valence-corrected chi connectivity index (χ0v) is 13.0. The molecule has 0 amide bonds. The predicted octanol–water partition coefficient (Wildman–Crippen LogP) is -1.73. The number of rotatable bonds is 8. The summed E-state index contributed by atoms with van der Waals surface area (Å²) in [6.07, 6.45) is -7.89. The maximum Gasteiger partial charge on any atom is 0.347 e. The van der Waals surface area contributed by atoms with E-state index in [0.29, 0.717) is 0 Å². The Labute approximate surface area is 145 Å². The average molecular weight is 372 g/mol. The summed E-state index contributed by atoms with van der Waals surface area (Å²) in [5.41, 5.74) is 0.242. The summed E-state index contributed by atoms with van der Waals surface area (Å²) in [4.78, 5) is 33.3. The topological polar surface area (TPSA) is 202 Å². The van der Waals surface area contributed by atoms with Crippen molar-refractivity contribution in [3.63, 3.8) is 0 Å². The molecular formula is C15H16O11. The van der Waals surface area contributed by atoms with Crippen LogP contribution in [0.1, 0.15) is 5.56 Å². The number of aliphatic hydroxyl groups excluding tert-OH is 3. The lowest BCUT2D eigenvalue weighted by Gasteiger charge is -2.24. The number of carboxylic acid groups (broad SMARTS) is 2. The lowest BCUT2D eigenvalue weighted by atomic mass is 10.0. The number of carboxylic acids is 2. The summed E-state index contributed by atoms with van der Waals surface area (Å²) in [7, 11) is 0. The van der Waals surface area contributed by atoms with E-state index >= 15 is 0 Å².